The average molecular weight is 362 g/mol. The van der Waals surface area contributed by atoms with E-state index in [1.54, 1.807) is 36.4 Å². The van der Waals surface area contributed by atoms with Crippen LogP contribution >= 0.6 is 34.8 Å². The highest BCUT2D eigenvalue weighted by Gasteiger charge is 2.11. The van der Waals surface area contributed by atoms with E-state index >= 15 is 0 Å². The Kier molecular flexibility index (Phi) is 5.77. The molecule has 0 amide bonds. The zero-order valence-electron chi connectivity index (χ0n) is 11.2. The van der Waals surface area contributed by atoms with E-state index in [0.29, 0.717) is 32.3 Å². The third kappa shape index (κ3) is 4.70. The van der Waals surface area contributed by atoms with Gasteiger partial charge in [0.05, 0.1) is 18.1 Å². The Bertz CT molecular complexity index is 688. The zero-order valence-corrected chi connectivity index (χ0v) is 13.5. The molecular weight excluding hydrogens is 351 g/mol. The third-order valence-electron chi connectivity index (χ3n) is 2.59. The predicted octanol–water partition coefficient (Wildman–Crippen LogP) is 5.29. The molecule has 0 unspecified atom stereocenters. The Morgan fingerprint density at radius 3 is 2.23 bits per heavy atom. The fourth-order valence-corrected chi connectivity index (χ4v) is 2.21. The Labute approximate surface area is 142 Å². The molecule has 0 saturated heterocycles. The first-order chi connectivity index (χ1) is 10.5. The van der Waals surface area contributed by atoms with Crippen molar-refractivity contribution in [1.29, 1.82) is 0 Å². The largest absolute Gasteiger partial charge is 0.489 e. The quantitative estimate of drug-likeness (QED) is 0.759. The monoisotopic (exact) mass is 360 g/mol. The second-order valence-corrected chi connectivity index (χ2v) is 5.54. The first-order valence-electron chi connectivity index (χ1n) is 6.23. The van der Waals surface area contributed by atoms with Crippen molar-refractivity contribution in [2.75, 3.05) is 6.61 Å². The number of aliphatic carboxylic acids is 1. The molecule has 7 heteroatoms. The van der Waals surface area contributed by atoms with Crippen LogP contribution in [-0.2, 0) is 4.79 Å². The Balaban J connectivity index is 2.20. The maximum absolute atomic E-state index is 10.5. The molecular formula is C15H11Cl3O4. The number of hydrogen-bond donors (Lipinski definition) is 1. The van der Waals surface area contributed by atoms with Gasteiger partial charge in [0.2, 0.25) is 0 Å². The SMILES string of the molecule is O=C(O)CCOc1cc(Cl)ccc1Oc1ccc(Cl)cc1Cl. The van der Waals surface area contributed by atoms with E-state index in [1.807, 2.05) is 0 Å². The van der Waals surface area contributed by atoms with Crippen molar-refractivity contribution in [3.63, 3.8) is 0 Å². The molecule has 4 nitrogen and oxygen atoms in total. The number of hydrogen-bond acceptors (Lipinski definition) is 3. The van der Waals surface area contributed by atoms with Gasteiger partial charge in [-0.3, -0.25) is 4.79 Å². The lowest BCUT2D eigenvalue weighted by Gasteiger charge is -2.13. The van der Waals surface area contributed by atoms with E-state index < -0.39 is 5.97 Å². The van der Waals surface area contributed by atoms with Gasteiger partial charge >= 0.3 is 5.97 Å². The van der Waals surface area contributed by atoms with E-state index in [1.165, 1.54) is 0 Å². The molecule has 1 N–H and O–H groups in total. The van der Waals surface area contributed by atoms with Crippen LogP contribution in [0.4, 0.5) is 0 Å². The second-order valence-electron chi connectivity index (χ2n) is 4.26. The lowest BCUT2D eigenvalue weighted by molar-refractivity contribution is -0.137. The summed E-state index contributed by atoms with van der Waals surface area (Å²) in [7, 11) is 0. The van der Waals surface area contributed by atoms with Gasteiger partial charge in [-0.15, -0.1) is 0 Å². The Morgan fingerprint density at radius 2 is 1.59 bits per heavy atom. The zero-order chi connectivity index (χ0) is 16.1. The smallest absolute Gasteiger partial charge is 0.306 e. The fraction of sp³-hybridized carbons (Fsp3) is 0.133. The minimum absolute atomic E-state index is 0.000382. The minimum atomic E-state index is -0.953. The lowest BCUT2D eigenvalue weighted by atomic mass is 10.3. The molecule has 0 aliphatic rings. The van der Waals surface area contributed by atoms with E-state index in [0.717, 1.165) is 0 Å². The molecule has 2 rings (SSSR count). The summed E-state index contributed by atoms with van der Waals surface area (Å²) < 4.78 is 11.1. The molecule has 2 aromatic rings. The van der Waals surface area contributed by atoms with Gasteiger partial charge in [-0.25, -0.2) is 0 Å². The molecule has 0 saturated carbocycles. The van der Waals surface area contributed by atoms with Crippen LogP contribution in [0.2, 0.25) is 15.1 Å². The van der Waals surface area contributed by atoms with Crippen LogP contribution in [0.3, 0.4) is 0 Å². The van der Waals surface area contributed by atoms with Crippen LogP contribution in [0.5, 0.6) is 17.2 Å². The van der Waals surface area contributed by atoms with E-state index in [9.17, 15) is 4.79 Å². The summed E-state index contributed by atoms with van der Waals surface area (Å²) in [5.41, 5.74) is 0. The number of carbonyl (C=O) groups is 1. The van der Waals surface area contributed by atoms with Crippen molar-refractivity contribution in [2.24, 2.45) is 0 Å². The van der Waals surface area contributed by atoms with Gasteiger partial charge in [0, 0.05) is 16.1 Å². The highest BCUT2D eigenvalue weighted by molar-refractivity contribution is 6.35. The molecule has 0 aromatic heterocycles. The first-order valence-corrected chi connectivity index (χ1v) is 7.36. The molecule has 0 radical (unpaired) electrons. The summed E-state index contributed by atoms with van der Waals surface area (Å²) >= 11 is 17.8. The topological polar surface area (TPSA) is 55.8 Å². The first kappa shape index (κ1) is 16.7. The molecule has 2 aromatic carbocycles. The molecule has 0 heterocycles. The van der Waals surface area contributed by atoms with Crippen LogP contribution in [0.25, 0.3) is 0 Å². The van der Waals surface area contributed by atoms with Crippen molar-refractivity contribution in [3.8, 4) is 17.2 Å². The van der Waals surface area contributed by atoms with E-state index in [4.69, 9.17) is 49.4 Å². The maximum Gasteiger partial charge on any atom is 0.306 e. The second kappa shape index (κ2) is 7.58. The van der Waals surface area contributed by atoms with Crippen molar-refractivity contribution < 1.29 is 19.4 Å². The number of rotatable bonds is 6. The number of benzene rings is 2. The van der Waals surface area contributed by atoms with Gasteiger partial charge < -0.3 is 14.6 Å². The summed E-state index contributed by atoms with van der Waals surface area (Å²) in [6.07, 6.45) is -0.131. The van der Waals surface area contributed by atoms with Crippen molar-refractivity contribution >= 4 is 40.8 Å². The fourth-order valence-electron chi connectivity index (χ4n) is 1.60. The maximum atomic E-state index is 10.5. The van der Waals surface area contributed by atoms with E-state index in [2.05, 4.69) is 0 Å². The van der Waals surface area contributed by atoms with Crippen LogP contribution in [0.1, 0.15) is 6.42 Å². The molecule has 22 heavy (non-hydrogen) atoms. The molecule has 116 valence electrons. The number of ether oxygens (including phenoxy) is 2. The van der Waals surface area contributed by atoms with Gasteiger partial charge in [0.1, 0.15) is 5.75 Å². The van der Waals surface area contributed by atoms with Crippen LogP contribution in [0, 0.1) is 0 Å². The van der Waals surface area contributed by atoms with Crippen LogP contribution in [0.15, 0.2) is 36.4 Å². The number of halogens is 3. The van der Waals surface area contributed by atoms with Crippen molar-refractivity contribution in [3.05, 3.63) is 51.5 Å². The highest BCUT2D eigenvalue weighted by atomic mass is 35.5. The van der Waals surface area contributed by atoms with Crippen LogP contribution in [-0.4, -0.2) is 17.7 Å². The summed E-state index contributed by atoms with van der Waals surface area (Å²) in [5.74, 6) is 0.153. The minimum Gasteiger partial charge on any atom is -0.489 e. The third-order valence-corrected chi connectivity index (χ3v) is 3.36. The van der Waals surface area contributed by atoms with Gasteiger partial charge in [-0.05, 0) is 30.3 Å². The average Bonchev–Trinajstić information content (AvgIpc) is 2.44. The van der Waals surface area contributed by atoms with E-state index in [-0.39, 0.29) is 13.0 Å². The standard InChI is InChI=1S/C15H11Cl3O4/c16-9-1-3-12(11(18)7-9)22-13-4-2-10(17)8-14(13)21-6-5-15(19)20/h1-4,7-8H,5-6H2,(H,19,20). The van der Waals surface area contributed by atoms with Gasteiger partial charge in [-0.2, -0.15) is 0 Å². The molecule has 0 atom stereocenters. The van der Waals surface area contributed by atoms with Crippen LogP contribution < -0.4 is 9.47 Å². The summed E-state index contributed by atoms with van der Waals surface area (Å²) in [4.78, 5) is 10.5. The molecule has 0 fully saturated rings. The molecule has 0 aliphatic heterocycles. The molecule has 0 spiro atoms. The molecule has 0 bridgehead atoms. The van der Waals surface area contributed by atoms with Crippen molar-refractivity contribution in [2.45, 2.75) is 6.42 Å². The highest BCUT2D eigenvalue weighted by Crippen LogP contribution is 2.37. The number of carboxylic acid groups (broad SMARTS) is 1. The summed E-state index contributed by atoms with van der Waals surface area (Å²) in [5, 5.41) is 9.93. The Hall–Kier alpha value is -1.62. The van der Waals surface area contributed by atoms with Crippen molar-refractivity contribution in [1.82, 2.24) is 0 Å². The van der Waals surface area contributed by atoms with Gasteiger partial charge in [0.15, 0.2) is 11.5 Å². The predicted molar refractivity (Wildman–Crippen MR) is 85.7 cm³/mol. The summed E-state index contributed by atoms with van der Waals surface area (Å²) in [6, 6.07) is 9.61. The Morgan fingerprint density at radius 1 is 0.955 bits per heavy atom. The van der Waals surface area contributed by atoms with Gasteiger partial charge in [0.25, 0.3) is 0 Å². The molecule has 0 aliphatic carbocycles. The lowest BCUT2D eigenvalue weighted by Crippen LogP contribution is -2.05. The van der Waals surface area contributed by atoms with Gasteiger partial charge in [-0.1, -0.05) is 34.8 Å². The number of carboxylic acids is 1. The normalized spacial score (nSPS) is 10.3. The summed E-state index contributed by atoms with van der Waals surface area (Å²) in [6.45, 7) is 0.000382.